The van der Waals surface area contributed by atoms with E-state index in [1.807, 2.05) is 62.4 Å². The summed E-state index contributed by atoms with van der Waals surface area (Å²) in [7, 11) is 1.61. The quantitative estimate of drug-likeness (QED) is 0.659. The van der Waals surface area contributed by atoms with Gasteiger partial charge in [0.1, 0.15) is 11.5 Å². The third-order valence-corrected chi connectivity index (χ3v) is 3.20. The molecule has 0 spiro atoms. The van der Waals surface area contributed by atoms with Gasteiger partial charge in [0.05, 0.1) is 12.8 Å². The molecule has 0 saturated carbocycles. The number of amides is 1. The van der Waals surface area contributed by atoms with Gasteiger partial charge in [-0.1, -0.05) is 24.3 Å². The van der Waals surface area contributed by atoms with Crippen LogP contribution < -0.4 is 14.9 Å². The Kier molecular flexibility index (Phi) is 5.74. The molecule has 5 heteroatoms. The first-order valence-electron chi connectivity index (χ1n) is 7.25. The maximum absolute atomic E-state index is 11.8. The minimum absolute atomic E-state index is 0.0850. The number of ether oxygens (including phenoxy) is 2. The van der Waals surface area contributed by atoms with Crippen LogP contribution in [0, 0.1) is 6.92 Å². The van der Waals surface area contributed by atoms with Gasteiger partial charge in [-0.25, -0.2) is 5.43 Å². The van der Waals surface area contributed by atoms with E-state index in [1.54, 1.807) is 7.11 Å². The molecular formula is C18H20N2O3. The van der Waals surface area contributed by atoms with Crippen LogP contribution in [-0.4, -0.2) is 25.3 Å². The molecule has 0 unspecified atom stereocenters. The fraction of sp³-hybridized carbons (Fsp3) is 0.222. The predicted octanol–water partition coefficient (Wildman–Crippen LogP) is 2.92. The number of hydrogen-bond acceptors (Lipinski definition) is 4. The van der Waals surface area contributed by atoms with Gasteiger partial charge in [0.25, 0.3) is 5.91 Å². The molecule has 2 aromatic rings. The van der Waals surface area contributed by atoms with E-state index in [-0.39, 0.29) is 12.5 Å². The van der Waals surface area contributed by atoms with Crippen molar-refractivity contribution in [2.75, 3.05) is 13.7 Å². The summed E-state index contributed by atoms with van der Waals surface area (Å²) in [4.78, 5) is 11.8. The van der Waals surface area contributed by atoms with Crippen molar-refractivity contribution in [3.05, 3.63) is 59.7 Å². The van der Waals surface area contributed by atoms with Gasteiger partial charge in [-0.05, 0) is 43.7 Å². The third kappa shape index (κ3) is 5.14. The van der Waals surface area contributed by atoms with Gasteiger partial charge in [0, 0.05) is 5.56 Å². The highest BCUT2D eigenvalue weighted by molar-refractivity contribution is 5.99. The number of nitrogens with one attached hydrogen (secondary N) is 1. The lowest BCUT2D eigenvalue weighted by molar-refractivity contribution is -0.123. The first-order valence-corrected chi connectivity index (χ1v) is 7.25. The highest BCUT2D eigenvalue weighted by Gasteiger charge is 2.04. The third-order valence-electron chi connectivity index (χ3n) is 3.20. The molecule has 23 heavy (non-hydrogen) atoms. The Labute approximate surface area is 135 Å². The molecule has 0 aliphatic heterocycles. The number of aryl methyl sites for hydroxylation is 1. The fourth-order valence-corrected chi connectivity index (χ4v) is 1.95. The second-order valence-corrected chi connectivity index (χ2v) is 5.07. The smallest absolute Gasteiger partial charge is 0.277 e. The summed E-state index contributed by atoms with van der Waals surface area (Å²) < 4.78 is 10.6. The Hall–Kier alpha value is -2.82. The zero-order chi connectivity index (χ0) is 16.7. The second kappa shape index (κ2) is 7.98. The van der Waals surface area contributed by atoms with Gasteiger partial charge in [-0.3, -0.25) is 4.79 Å². The van der Waals surface area contributed by atoms with Crippen LogP contribution in [0.3, 0.4) is 0 Å². The summed E-state index contributed by atoms with van der Waals surface area (Å²) in [5, 5.41) is 4.08. The van der Waals surface area contributed by atoms with Crippen molar-refractivity contribution in [3.8, 4) is 11.5 Å². The van der Waals surface area contributed by atoms with E-state index in [9.17, 15) is 4.79 Å². The lowest BCUT2D eigenvalue weighted by Crippen LogP contribution is -2.25. The van der Waals surface area contributed by atoms with E-state index < -0.39 is 0 Å². The zero-order valence-corrected chi connectivity index (χ0v) is 13.5. The lowest BCUT2D eigenvalue weighted by atomic mass is 10.1. The number of benzene rings is 2. The van der Waals surface area contributed by atoms with Crippen molar-refractivity contribution < 1.29 is 14.3 Å². The number of carbonyl (C=O) groups excluding carboxylic acids is 1. The summed E-state index contributed by atoms with van der Waals surface area (Å²) in [6, 6.07) is 15.0. The summed E-state index contributed by atoms with van der Waals surface area (Å²) in [5.74, 6) is 1.09. The van der Waals surface area contributed by atoms with Crippen LogP contribution in [0.5, 0.6) is 11.5 Å². The molecule has 0 saturated heterocycles. The molecule has 0 fully saturated rings. The van der Waals surface area contributed by atoms with E-state index in [4.69, 9.17) is 9.47 Å². The Morgan fingerprint density at radius 3 is 2.61 bits per heavy atom. The minimum Gasteiger partial charge on any atom is -0.497 e. The number of hydrazone groups is 1. The van der Waals surface area contributed by atoms with Gasteiger partial charge in [0.2, 0.25) is 0 Å². The number of nitrogens with zero attached hydrogens (tertiary/aromatic N) is 1. The van der Waals surface area contributed by atoms with E-state index in [1.165, 1.54) is 0 Å². The van der Waals surface area contributed by atoms with Crippen molar-refractivity contribution in [1.29, 1.82) is 0 Å². The lowest BCUT2D eigenvalue weighted by Gasteiger charge is -2.07. The Morgan fingerprint density at radius 1 is 1.13 bits per heavy atom. The molecule has 1 amide bonds. The maximum atomic E-state index is 11.8. The van der Waals surface area contributed by atoms with Gasteiger partial charge < -0.3 is 9.47 Å². The molecule has 0 bridgehead atoms. The van der Waals surface area contributed by atoms with Crippen LogP contribution in [0.15, 0.2) is 53.6 Å². The van der Waals surface area contributed by atoms with Crippen LogP contribution in [-0.2, 0) is 4.79 Å². The number of rotatable bonds is 6. The van der Waals surface area contributed by atoms with Crippen LogP contribution >= 0.6 is 0 Å². The molecule has 2 rings (SSSR count). The molecule has 0 heterocycles. The van der Waals surface area contributed by atoms with Gasteiger partial charge in [-0.2, -0.15) is 5.10 Å². The monoisotopic (exact) mass is 312 g/mol. The number of carbonyl (C=O) groups is 1. The van der Waals surface area contributed by atoms with Crippen LogP contribution in [0.1, 0.15) is 18.1 Å². The molecule has 0 atom stereocenters. The highest BCUT2D eigenvalue weighted by atomic mass is 16.5. The predicted molar refractivity (Wildman–Crippen MR) is 90.0 cm³/mol. The van der Waals surface area contributed by atoms with E-state index in [2.05, 4.69) is 10.5 Å². The summed E-state index contributed by atoms with van der Waals surface area (Å²) in [6.07, 6.45) is 0. The summed E-state index contributed by atoms with van der Waals surface area (Å²) >= 11 is 0. The molecule has 1 N–H and O–H groups in total. The first kappa shape index (κ1) is 16.5. The average molecular weight is 312 g/mol. The molecule has 0 aliphatic carbocycles. The fourth-order valence-electron chi connectivity index (χ4n) is 1.95. The Bertz CT molecular complexity index is 711. The van der Waals surface area contributed by atoms with Crippen LogP contribution in [0.4, 0.5) is 0 Å². The van der Waals surface area contributed by atoms with Crippen molar-refractivity contribution in [1.82, 2.24) is 5.43 Å². The first-order chi connectivity index (χ1) is 11.1. The largest absolute Gasteiger partial charge is 0.497 e. The standard InChI is InChI=1S/C18H20N2O3/c1-13-6-4-9-17(10-13)23-12-18(21)20-19-14(2)15-7-5-8-16(11-15)22-3/h4-11H,12H2,1-3H3,(H,20,21)/b19-14-. The normalized spacial score (nSPS) is 11.0. The number of hydrogen-bond donors (Lipinski definition) is 1. The summed E-state index contributed by atoms with van der Waals surface area (Å²) in [5.41, 5.74) is 5.13. The van der Waals surface area contributed by atoms with Gasteiger partial charge in [-0.15, -0.1) is 0 Å². The van der Waals surface area contributed by atoms with E-state index >= 15 is 0 Å². The Morgan fingerprint density at radius 2 is 1.87 bits per heavy atom. The molecule has 0 radical (unpaired) electrons. The van der Waals surface area contributed by atoms with Crippen LogP contribution in [0.2, 0.25) is 0 Å². The van der Waals surface area contributed by atoms with Crippen LogP contribution in [0.25, 0.3) is 0 Å². The molecule has 5 nitrogen and oxygen atoms in total. The topological polar surface area (TPSA) is 59.9 Å². The van der Waals surface area contributed by atoms with E-state index in [0.29, 0.717) is 11.5 Å². The maximum Gasteiger partial charge on any atom is 0.277 e. The van der Waals surface area contributed by atoms with E-state index in [0.717, 1.165) is 16.9 Å². The summed E-state index contributed by atoms with van der Waals surface area (Å²) in [6.45, 7) is 3.70. The number of methoxy groups -OCH3 is 1. The van der Waals surface area contributed by atoms with Crippen molar-refractivity contribution in [2.24, 2.45) is 5.10 Å². The Balaban J connectivity index is 1.89. The highest BCUT2D eigenvalue weighted by Crippen LogP contribution is 2.13. The molecule has 2 aromatic carbocycles. The van der Waals surface area contributed by atoms with Crippen molar-refractivity contribution >= 4 is 11.6 Å². The van der Waals surface area contributed by atoms with Gasteiger partial charge >= 0.3 is 0 Å². The van der Waals surface area contributed by atoms with Crippen molar-refractivity contribution in [2.45, 2.75) is 13.8 Å². The van der Waals surface area contributed by atoms with Gasteiger partial charge in [0.15, 0.2) is 6.61 Å². The second-order valence-electron chi connectivity index (χ2n) is 5.07. The SMILES string of the molecule is COc1cccc(/C(C)=N\NC(=O)COc2cccc(C)c2)c1. The molecule has 120 valence electrons. The zero-order valence-electron chi connectivity index (χ0n) is 13.5. The average Bonchev–Trinajstić information content (AvgIpc) is 2.58. The molecular weight excluding hydrogens is 292 g/mol. The van der Waals surface area contributed by atoms with Crippen molar-refractivity contribution in [3.63, 3.8) is 0 Å². The minimum atomic E-state index is -0.311. The molecule has 0 aromatic heterocycles. The molecule has 0 aliphatic rings.